The number of hydrogen-bond acceptors (Lipinski definition) is 3. The molecule has 0 spiro atoms. The molecule has 0 saturated carbocycles. The van der Waals surface area contributed by atoms with E-state index in [4.69, 9.17) is 16.7 Å². The van der Waals surface area contributed by atoms with Crippen molar-refractivity contribution in [1.29, 1.82) is 0 Å². The molecule has 0 aromatic carbocycles. The summed E-state index contributed by atoms with van der Waals surface area (Å²) in [5.41, 5.74) is 0.223. The first-order valence-electron chi connectivity index (χ1n) is 5.59. The van der Waals surface area contributed by atoms with Crippen molar-refractivity contribution in [3.8, 4) is 0 Å². The number of pyridine rings is 1. The number of hydrogen-bond donors (Lipinski definition) is 1. The predicted octanol–water partition coefficient (Wildman–Crippen LogP) is 2.06. The van der Waals surface area contributed by atoms with E-state index in [9.17, 15) is 9.59 Å². The van der Waals surface area contributed by atoms with E-state index < -0.39 is 11.9 Å². The van der Waals surface area contributed by atoms with Crippen LogP contribution in [0.5, 0.6) is 0 Å². The third kappa shape index (κ3) is 3.43. The third-order valence-corrected chi connectivity index (χ3v) is 3.02. The average Bonchev–Trinajstić information content (AvgIpc) is 2.34. The van der Waals surface area contributed by atoms with Gasteiger partial charge in [0.15, 0.2) is 0 Å². The van der Waals surface area contributed by atoms with Crippen LogP contribution in [-0.4, -0.2) is 39.5 Å². The molecule has 1 aromatic rings. The van der Waals surface area contributed by atoms with Gasteiger partial charge >= 0.3 is 5.97 Å². The summed E-state index contributed by atoms with van der Waals surface area (Å²) in [5.74, 6) is -1.46. The van der Waals surface area contributed by atoms with E-state index in [2.05, 4.69) is 4.98 Å². The van der Waals surface area contributed by atoms with Crippen molar-refractivity contribution in [2.45, 2.75) is 26.3 Å². The maximum Gasteiger partial charge on any atom is 0.323 e. The van der Waals surface area contributed by atoms with Gasteiger partial charge in [0, 0.05) is 18.4 Å². The first kappa shape index (κ1) is 14.4. The van der Waals surface area contributed by atoms with E-state index in [1.165, 1.54) is 23.4 Å². The van der Waals surface area contributed by atoms with Gasteiger partial charge < -0.3 is 10.0 Å². The van der Waals surface area contributed by atoms with Crippen LogP contribution in [0.3, 0.4) is 0 Å². The number of carboxylic acid groups (broad SMARTS) is 1. The summed E-state index contributed by atoms with van der Waals surface area (Å²) in [4.78, 5) is 28.2. The van der Waals surface area contributed by atoms with Gasteiger partial charge in [-0.3, -0.25) is 14.6 Å². The molecule has 1 atom stereocenters. The number of carbonyl (C=O) groups is 2. The topological polar surface area (TPSA) is 70.5 Å². The first-order chi connectivity index (χ1) is 8.47. The van der Waals surface area contributed by atoms with Gasteiger partial charge in [0.25, 0.3) is 5.91 Å². The minimum Gasteiger partial charge on any atom is -0.480 e. The van der Waals surface area contributed by atoms with Gasteiger partial charge in [0.1, 0.15) is 6.54 Å². The molecule has 0 aliphatic heterocycles. The second-order valence-corrected chi connectivity index (χ2v) is 4.35. The van der Waals surface area contributed by atoms with Gasteiger partial charge in [-0.15, -0.1) is 0 Å². The van der Waals surface area contributed by atoms with Crippen LogP contribution < -0.4 is 0 Å². The molecule has 0 bridgehead atoms. The Morgan fingerprint density at radius 1 is 1.56 bits per heavy atom. The number of nitrogens with zero attached hydrogens (tertiary/aromatic N) is 2. The number of rotatable bonds is 5. The minimum absolute atomic E-state index is 0.176. The van der Waals surface area contributed by atoms with Crippen LogP contribution in [-0.2, 0) is 4.79 Å². The van der Waals surface area contributed by atoms with E-state index in [0.717, 1.165) is 0 Å². The van der Waals surface area contributed by atoms with Crippen molar-refractivity contribution >= 4 is 23.5 Å². The lowest BCUT2D eigenvalue weighted by Crippen LogP contribution is -2.42. The molecule has 0 saturated heterocycles. The molecular formula is C12H15ClN2O3. The molecule has 6 heteroatoms. The molecule has 1 aromatic heterocycles. The lowest BCUT2D eigenvalue weighted by molar-refractivity contribution is -0.138. The van der Waals surface area contributed by atoms with E-state index in [1.807, 2.05) is 6.92 Å². The van der Waals surface area contributed by atoms with E-state index >= 15 is 0 Å². The zero-order valence-electron chi connectivity index (χ0n) is 10.3. The summed E-state index contributed by atoms with van der Waals surface area (Å²) in [6.07, 6.45) is 3.49. The Labute approximate surface area is 110 Å². The molecule has 0 aliphatic carbocycles. The van der Waals surface area contributed by atoms with Gasteiger partial charge in [-0.05, 0) is 19.4 Å². The fourth-order valence-corrected chi connectivity index (χ4v) is 1.67. The molecule has 1 rings (SSSR count). The zero-order valence-corrected chi connectivity index (χ0v) is 11.0. The number of carboxylic acids is 1. The Kier molecular flexibility index (Phi) is 5.09. The van der Waals surface area contributed by atoms with Gasteiger partial charge in [-0.2, -0.15) is 0 Å². The molecular weight excluding hydrogens is 256 g/mol. The standard InChI is InChI=1S/C12H15ClN2O3/c1-3-8(2)15(7-11(16)17)12(18)9-6-14-5-4-10(9)13/h4-6,8H,3,7H2,1-2H3,(H,16,17). The lowest BCUT2D eigenvalue weighted by Gasteiger charge is -2.27. The molecule has 1 unspecified atom stereocenters. The maximum absolute atomic E-state index is 12.2. The summed E-state index contributed by atoms with van der Waals surface area (Å²) in [7, 11) is 0. The Morgan fingerprint density at radius 3 is 2.72 bits per heavy atom. The smallest absolute Gasteiger partial charge is 0.323 e. The molecule has 98 valence electrons. The number of aromatic nitrogens is 1. The Bertz CT molecular complexity index is 451. The predicted molar refractivity (Wildman–Crippen MR) is 67.7 cm³/mol. The van der Waals surface area contributed by atoms with Crippen LogP contribution in [0.1, 0.15) is 30.6 Å². The Balaban J connectivity index is 3.02. The lowest BCUT2D eigenvalue weighted by atomic mass is 10.1. The highest BCUT2D eigenvalue weighted by Crippen LogP contribution is 2.17. The average molecular weight is 271 g/mol. The molecule has 1 heterocycles. The fraction of sp³-hybridized carbons (Fsp3) is 0.417. The van der Waals surface area contributed by atoms with Crippen LogP contribution in [0.4, 0.5) is 0 Å². The molecule has 0 aliphatic rings. The number of aliphatic carboxylic acids is 1. The highest BCUT2D eigenvalue weighted by Gasteiger charge is 2.24. The van der Waals surface area contributed by atoms with Gasteiger partial charge in [0.2, 0.25) is 0 Å². The molecule has 1 amide bonds. The van der Waals surface area contributed by atoms with Crippen LogP contribution in [0, 0.1) is 0 Å². The van der Waals surface area contributed by atoms with Crippen molar-refractivity contribution in [2.75, 3.05) is 6.54 Å². The summed E-state index contributed by atoms with van der Waals surface area (Å²) in [6, 6.07) is 1.33. The summed E-state index contributed by atoms with van der Waals surface area (Å²) in [6.45, 7) is 3.34. The third-order valence-electron chi connectivity index (χ3n) is 2.69. The largest absolute Gasteiger partial charge is 0.480 e. The van der Waals surface area contributed by atoms with Gasteiger partial charge in [0.05, 0.1) is 10.6 Å². The number of amides is 1. The van der Waals surface area contributed by atoms with Crippen LogP contribution >= 0.6 is 11.6 Å². The molecule has 18 heavy (non-hydrogen) atoms. The van der Waals surface area contributed by atoms with Crippen molar-refractivity contribution < 1.29 is 14.7 Å². The first-order valence-corrected chi connectivity index (χ1v) is 5.97. The van der Waals surface area contributed by atoms with E-state index in [-0.39, 0.29) is 23.2 Å². The number of carbonyl (C=O) groups excluding carboxylic acids is 1. The normalized spacial score (nSPS) is 11.9. The quantitative estimate of drug-likeness (QED) is 0.889. The van der Waals surface area contributed by atoms with Crippen LogP contribution in [0.25, 0.3) is 0 Å². The fourth-order valence-electron chi connectivity index (χ4n) is 1.48. The SMILES string of the molecule is CCC(C)N(CC(=O)O)C(=O)c1cnccc1Cl. The van der Waals surface area contributed by atoms with E-state index in [0.29, 0.717) is 6.42 Å². The summed E-state index contributed by atoms with van der Waals surface area (Å²) in [5, 5.41) is 9.12. The number of halogens is 1. The second-order valence-electron chi connectivity index (χ2n) is 3.94. The van der Waals surface area contributed by atoms with Crippen molar-refractivity contribution in [2.24, 2.45) is 0 Å². The summed E-state index contributed by atoms with van der Waals surface area (Å²) < 4.78 is 0. The monoisotopic (exact) mass is 270 g/mol. The highest BCUT2D eigenvalue weighted by atomic mass is 35.5. The van der Waals surface area contributed by atoms with Crippen molar-refractivity contribution in [3.63, 3.8) is 0 Å². The Morgan fingerprint density at radius 2 is 2.22 bits per heavy atom. The molecule has 0 fully saturated rings. The maximum atomic E-state index is 12.2. The molecule has 1 N–H and O–H groups in total. The second kappa shape index (κ2) is 6.35. The molecule has 5 nitrogen and oxygen atoms in total. The van der Waals surface area contributed by atoms with Crippen LogP contribution in [0.15, 0.2) is 18.5 Å². The summed E-state index contributed by atoms with van der Waals surface area (Å²) >= 11 is 5.91. The minimum atomic E-state index is -1.05. The Hall–Kier alpha value is -1.62. The van der Waals surface area contributed by atoms with Gasteiger partial charge in [-0.1, -0.05) is 18.5 Å². The van der Waals surface area contributed by atoms with Crippen LogP contribution in [0.2, 0.25) is 5.02 Å². The van der Waals surface area contributed by atoms with E-state index in [1.54, 1.807) is 6.92 Å². The highest BCUT2D eigenvalue weighted by molar-refractivity contribution is 6.33. The zero-order chi connectivity index (χ0) is 13.7. The van der Waals surface area contributed by atoms with Gasteiger partial charge in [-0.25, -0.2) is 0 Å². The van der Waals surface area contributed by atoms with Crippen molar-refractivity contribution in [1.82, 2.24) is 9.88 Å². The molecule has 0 radical (unpaired) electrons. The van der Waals surface area contributed by atoms with Crippen molar-refractivity contribution in [3.05, 3.63) is 29.0 Å².